The quantitative estimate of drug-likeness (QED) is 0.749. The van der Waals surface area contributed by atoms with Crippen LogP contribution in [0.2, 0.25) is 0 Å². The van der Waals surface area contributed by atoms with Gasteiger partial charge in [0.1, 0.15) is 0 Å². The normalized spacial score (nSPS) is 22.1. The fourth-order valence-corrected chi connectivity index (χ4v) is 2.69. The lowest BCUT2D eigenvalue weighted by molar-refractivity contribution is -0.174. The molecule has 1 unspecified atom stereocenters. The number of aliphatic carboxylic acids is 1. The average molecular weight is 242 g/mol. The van der Waals surface area contributed by atoms with Crippen molar-refractivity contribution in [2.24, 2.45) is 5.92 Å². The smallest absolute Gasteiger partial charge is 0.335 e. The van der Waals surface area contributed by atoms with E-state index in [9.17, 15) is 9.90 Å². The average Bonchev–Trinajstić information content (AvgIpc) is 2.44. The van der Waals surface area contributed by atoms with Crippen molar-refractivity contribution >= 4 is 5.97 Å². The van der Waals surface area contributed by atoms with E-state index in [-0.39, 0.29) is 6.10 Å². The molecule has 0 saturated heterocycles. The van der Waals surface area contributed by atoms with E-state index in [1.807, 2.05) is 13.8 Å². The Morgan fingerprint density at radius 2 is 1.82 bits per heavy atom. The van der Waals surface area contributed by atoms with Crippen LogP contribution in [0.25, 0.3) is 0 Å². The lowest BCUT2D eigenvalue weighted by Crippen LogP contribution is -2.42. The maximum absolute atomic E-state index is 11.4. The first-order chi connectivity index (χ1) is 7.94. The van der Waals surface area contributed by atoms with Gasteiger partial charge in [-0.05, 0) is 32.1 Å². The summed E-state index contributed by atoms with van der Waals surface area (Å²) in [5.41, 5.74) is -1.01. The molecule has 0 aliphatic heterocycles. The van der Waals surface area contributed by atoms with E-state index in [2.05, 4.69) is 0 Å². The van der Waals surface area contributed by atoms with Crippen LogP contribution in [0.1, 0.15) is 65.7 Å². The summed E-state index contributed by atoms with van der Waals surface area (Å²) >= 11 is 0. The zero-order valence-corrected chi connectivity index (χ0v) is 11.4. The van der Waals surface area contributed by atoms with Gasteiger partial charge in [-0.2, -0.15) is 0 Å². The molecule has 0 aromatic heterocycles. The maximum atomic E-state index is 11.4. The number of hydrogen-bond donors (Lipinski definition) is 1. The van der Waals surface area contributed by atoms with E-state index in [1.54, 1.807) is 6.92 Å². The van der Waals surface area contributed by atoms with Crippen LogP contribution >= 0.6 is 0 Å². The van der Waals surface area contributed by atoms with Crippen molar-refractivity contribution in [3.05, 3.63) is 0 Å². The summed E-state index contributed by atoms with van der Waals surface area (Å²) in [6, 6.07) is 0. The molecule has 1 aliphatic carbocycles. The third kappa shape index (κ3) is 4.66. The van der Waals surface area contributed by atoms with Gasteiger partial charge in [0.15, 0.2) is 5.60 Å². The summed E-state index contributed by atoms with van der Waals surface area (Å²) in [7, 11) is 0. The molecule has 1 N–H and O–H groups in total. The summed E-state index contributed by atoms with van der Waals surface area (Å²) in [6.07, 6.45) is 7.60. The van der Waals surface area contributed by atoms with Gasteiger partial charge in [-0.3, -0.25) is 0 Å². The Bertz CT molecular complexity index is 242. The van der Waals surface area contributed by atoms with Gasteiger partial charge in [0, 0.05) is 0 Å². The topological polar surface area (TPSA) is 46.5 Å². The Balaban J connectivity index is 2.61. The third-order valence-electron chi connectivity index (χ3n) is 3.48. The summed E-state index contributed by atoms with van der Waals surface area (Å²) in [4.78, 5) is 11.4. The lowest BCUT2D eigenvalue weighted by Gasteiger charge is -2.31. The second-order valence-corrected chi connectivity index (χ2v) is 5.87. The fourth-order valence-electron chi connectivity index (χ4n) is 2.69. The third-order valence-corrected chi connectivity index (χ3v) is 3.48. The maximum Gasteiger partial charge on any atom is 0.335 e. The Labute approximate surface area is 105 Å². The van der Waals surface area contributed by atoms with Crippen LogP contribution in [0.15, 0.2) is 0 Å². The van der Waals surface area contributed by atoms with Gasteiger partial charge in [-0.1, -0.05) is 39.5 Å². The molecule has 1 rings (SSSR count). The number of carboxylic acids is 1. The monoisotopic (exact) mass is 242 g/mol. The highest BCUT2D eigenvalue weighted by Gasteiger charge is 2.37. The molecule has 1 atom stereocenters. The molecule has 1 aliphatic rings. The van der Waals surface area contributed by atoms with Gasteiger partial charge in [-0.25, -0.2) is 4.79 Å². The van der Waals surface area contributed by atoms with Crippen LogP contribution in [-0.2, 0) is 9.53 Å². The Kier molecular flexibility index (Phi) is 5.44. The van der Waals surface area contributed by atoms with E-state index in [0.717, 1.165) is 12.8 Å². The number of carbonyl (C=O) groups is 1. The van der Waals surface area contributed by atoms with E-state index < -0.39 is 11.6 Å². The van der Waals surface area contributed by atoms with Crippen LogP contribution < -0.4 is 0 Å². The van der Waals surface area contributed by atoms with Gasteiger partial charge in [0.2, 0.25) is 0 Å². The van der Waals surface area contributed by atoms with E-state index in [4.69, 9.17) is 4.74 Å². The molecule has 0 bridgehead atoms. The molecule has 0 heterocycles. The zero-order valence-electron chi connectivity index (χ0n) is 11.4. The highest BCUT2D eigenvalue weighted by atomic mass is 16.5. The predicted octanol–water partition coefficient (Wildman–Crippen LogP) is 3.62. The van der Waals surface area contributed by atoms with Gasteiger partial charge in [-0.15, -0.1) is 0 Å². The molecule has 3 heteroatoms. The molecule has 0 radical (unpaired) electrons. The Morgan fingerprint density at radius 1 is 1.29 bits per heavy atom. The molecule has 3 nitrogen and oxygen atoms in total. The number of ether oxygens (including phenoxy) is 1. The highest BCUT2D eigenvalue weighted by molar-refractivity contribution is 5.76. The predicted molar refractivity (Wildman–Crippen MR) is 68.1 cm³/mol. The second kappa shape index (κ2) is 6.39. The first kappa shape index (κ1) is 14.5. The number of hydrogen-bond acceptors (Lipinski definition) is 2. The molecule has 0 aromatic carbocycles. The van der Waals surface area contributed by atoms with Crippen LogP contribution in [-0.4, -0.2) is 22.8 Å². The standard InChI is InChI=1S/C14H26O3/c1-11(2)10-14(3,13(15)16)17-12-8-6-4-5-7-9-12/h11-12H,4-10H2,1-3H3,(H,15,16). The number of carboxylic acid groups (broad SMARTS) is 1. The van der Waals surface area contributed by atoms with Gasteiger partial charge in [0.25, 0.3) is 0 Å². The van der Waals surface area contributed by atoms with Crippen molar-refractivity contribution in [1.29, 1.82) is 0 Å². The van der Waals surface area contributed by atoms with Gasteiger partial charge < -0.3 is 9.84 Å². The minimum Gasteiger partial charge on any atom is -0.479 e. The fraction of sp³-hybridized carbons (Fsp3) is 0.929. The van der Waals surface area contributed by atoms with Crippen LogP contribution in [0.3, 0.4) is 0 Å². The lowest BCUT2D eigenvalue weighted by atomic mass is 9.93. The zero-order chi connectivity index (χ0) is 12.9. The molecule has 17 heavy (non-hydrogen) atoms. The highest BCUT2D eigenvalue weighted by Crippen LogP contribution is 2.28. The molecular formula is C14H26O3. The van der Waals surface area contributed by atoms with Crippen molar-refractivity contribution in [2.45, 2.75) is 77.4 Å². The van der Waals surface area contributed by atoms with Crippen molar-refractivity contribution < 1.29 is 14.6 Å². The van der Waals surface area contributed by atoms with Crippen molar-refractivity contribution in [1.82, 2.24) is 0 Å². The van der Waals surface area contributed by atoms with Crippen molar-refractivity contribution in [3.8, 4) is 0 Å². The first-order valence-corrected chi connectivity index (χ1v) is 6.85. The van der Waals surface area contributed by atoms with E-state index in [1.165, 1.54) is 25.7 Å². The Morgan fingerprint density at radius 3 is 2.24 bits per heavy atom. The first-order valence-electron chi connectivity index (χ1n) is 6.85. The summed E-state index contributed by atoms with van der Waals surface area (Å²) in [5.74, 6) is -0.489. The van der Waals surface area contributed by atoms with Crippen LogP contribution in [0, 0.1) is 5.92 Å². The minimum absolute atomic E-state index is 0.136. The molecule has 100 valence electrons. The molecular weight excluding hydrogens is 216 g/mol. The summed E-state index contributed by atoms with van der Waals surface area (Å²) in [6.45, 7) is 5.80. The van der Waals surface area contributed by atoms with E-state index >= 15 is 0 Å². The van der Waals surface area contributed by atoms with Crippen molar-refractivity contribution in [3.63, 3.8) is 0 Å². The second-order valence-electron chi connectivity index (χ2n) is 5.87. The van der Waals surface area contributed by atoms with Crippen LogP contribution in [0.4, 0.5) is 0 Å². The van der Waals surface area contributed by atoms with E-state index in [0.29, 0.717) is 12.3 Å². The minimum atomic E-state index is -1.01. The molecule has 1 fully saturated rings. The molecule has 0 amide bonds. The van der Waals surface area contributed by atoms with Gasteiger partial charge in [0.05, 0.1) is 6.10 Å². The molecule has 0 aromatic rings. The SMILES string of the molecule is CC(C)CC(C)(OC1CCCCCC1)C(=O)O. The van der Waals surface area contributed by atoms with Crippen molar-refractivity contribution in [2.75, 3.05) is 0 Å². The summed E-state index contributed by atoms with van der Waals surface area (Å²) in [5, 5.41) is 9.36. The number of rotatable bonds is 5. The molecule has 1 saturated carbocycles. The summed E-state index contributed by atoms with van der Waals surface area (Å²) < 4.78 is 5.93. The molecule has 0 spiro atoms. The Hall–Kier alpha value is -0.570. The largest absolute Gasteiger partial charge is 0.479 e. The van der Waals surface area contributed by atoms with Crippen LogP contribution in [0.5, 0.6) is 0 Å². The van der Waals surface area contributed by atoms with Gasteiger partial charge >= 0.3 is 5.97 Å².